The SMILES string of the molecule is O=C(c1ccc(COc2ccc3ccccc3c2)o1)N1CCC(NS(=O)(=O)c2ccccc2)CC1. The lowest BCUT2D eigenvalue weighted by Gasteiger charge is -2.31. The topological polar surface area (TPSA) is 88.8 Å². The van der Waals surface area contributed by atoms with Gasteiger partial charge < -0.3 is 14.1 Å². The summed E-state index contributed by atoms with van der Waals surface area (Å²) in [4.78, 5) is 14.8. The Hall–Kier alpha value is -3.62. The van der Waals surface area contributed by atoms with E-state index in [-0.39, 0.29) is 29.2 Å². The van der Waals surface area contributed by atoms with Crippen molar-refractivity contribution in [1.82, 2.24) is 9.62 Å². The minimum atomic E-state index is -3.57. The Kier molecular flexibility index (Phi) is 6.57. The molecule has 1 aliphatic heterocycles. The minimum Gasteiger partial charge on any atom is -0.486 e. The van der Waals surface area contributed by atoms with Crippen molar-refractivity contribution >= 4 is 26.7 Å². The van der Waals surface area contributed by atoms with Crippen LogP contribution in [0.5, 0.6) is 5.75 Å². The Bertz CT molecular complexity index is 1420. The number of nitrogens with one attached hydrogen (secondary N) is 1. The molecule has 0 aliphatic carbocycles. The standard InChI is InChI=1S/C27H26N2O5S/c30-27(29-16-14-22(15-17-29)28-35(31,32)25-8-2-1-3-9-25)26-13-12-24(34-26)19-33-23-11-10-20-6-4-5-7-21(20)18-23/h1-13,18,22,28H,14-17,19H2. The average molecular weight is 491 g/mol. The van der Waals surface area contributed by atoms with Gasteiger partial charge in [-0.1, -0.05) is 48.5 Å². The zero-order valence-electron chi connectivity index (χ0n) is 19.1. The summed E-state index contributed by atoms with van der Waals surface area (Å²) >= 11 is 0. The molecule has 3 aromatic carbocycles. The number of carbonyl (C=O) groups excluding carboxylic acids is 1. The number of benzene rings is 3. The van der Waals surface area contributed by atoms with Gasteiger partial charge in [0.1, 0.15) is 18.1 Å². The van der Waals surface area contributed by atoms with Crippen LogP contribution in [-0.2, 0) is 16.6 Å². The maximum atomic E-state index is 12.9. The zero-order chi connectivity index (χ0) is 24.3. The van der Waals surface area contributed by atoms with Gasteiger partial charge in [0.25, 0.3) is 5.91 Å². The highest BCUT2D eigenvalue weighted by molar-refractivity contribution is 7.89. The molecule has 7 nitrogen and oxygen atoms in total. The molecule has 0 bridgehead atoms. The molecule has 4 aromatic rings. The fraction of sp³-hybridized carbons (Fsp3) is 0.222. The molecule has 0 unspecified atom stereocenters. The minimum absolute atomic E-state index is 0.202. The number of fused-ring (bicyclic) bond motifs is 1. The van der Waals surface area contributed by atoms with E-state index in [1.807, 2.05) is 42.5 Å². The van der Waals surface area contributed by atoms with Gasteiger partial charge in [0.15, 0.2) is 5.76 Å². The van der Waals surface area contributed by atoms with Crippen LogP contribution in [0.3, 0.4) is 0 Å². The summed E-state index contributed by atoms with van der Waals surface area (Å²) < 4.78 is 39.4. The number of likely N-dealkylation sites (tertiary alicyclic amines) is 1. The van der Waals surface area contributed by atoms with E-state index in [0.29, 0.717) is 31.7 Å². The van der Waals surface area contributed by atoms with Crippen molar-refractivity contribution < 1.29 is 22.4 Å². The van der Waals surface area contributed by atoms with Crippen LogP contribution < -0.4 is 9.46 Å². The zero-order valence-corrected chi connectivity index (χ0v) is 19.9. The maximum Gasteiger partial charge on any atom is 0.289 e. The quantitative estimate of drug-likeness (QED) is 0.409. The number of ether oxygens (including phenoxy) is 1. The molecule has 1 aliphatic rings. The van der Waals surface area contributed by atoms with Crippen molar-refractivity contribution in [2.75, 3.05) is 13.1 Å². The van der Waals surface area contributed by atoms with Crippen LogP contribution in [0.2, 0.25) is 0 Å². The molecule has 0 saturated carbocycles. The first-order chi connectivity index (χ1) is 17.0. The van der Waals surface area contributed by atoms with Crippen LogP contribution in [0.15, 0.2) is 94.2 Å². The molecule has 0 spiro atoms. The monoisotopic (exact) mass is 490 g/mol. The van der Waals surface area contributed by atoms with E-state index < -0.39 is 10.0 Å². The number of amides is 1. The van der Waals surface area contributed by atoms with Gasteiger partial charge in [0.2, 0.25) is 10.0 Å². The molecular formula is C27H26N2O5S. The van der Waals surface area contributed by atoms with Crippen molar-refractivity contribution in [2.45, 2.75) is 30.4 Å². The van der Waals surface area contributed by atoms with E-state index in [0.717, 1.165) is 16.5 Å². The lowest BCUT2D eigenvalue weighted by molar-refractivity contribution is 0.0675. The summed E-state index contributed by atoms with van der Waals surface area (Å²) in [7, 11) is -3.57. The third-order valence-corrected chi connectivity index (χ3v) is 7.67. The Labute approximate surface area is 204 Å². The van der Waals surface area contributed by atoms with E-state index in [1.54, 1.807) is 47.4 Å². The first-order valence-electron chi connectivity index (χ1n) is 11.5. The summed E-state index contributed by atoms with van der Waals surface area (Å²) in [6, 6.07) is 25.4. The second-order valence-corrected chi connectivity index (χ2v) is 10.3. The maximum absolute atomic E-state index is 12.9. The number of sulfonamides is 1. The molecule has 8 heteroatoms. The average Bonchev–Trinajstić information content (AvgIpc) is 3.37. The largest absolute Gasteiger partial charge is 0.486 e. The van der Waals surface area contributed by atoms with Gasteiger partial charge >= 0.3 is 0 Å². The first kappa shape index (κ1) is 23.1. The molecular weight excluding hydrogens is 464 g/mol. The van der Waals surface area contributed by atoms with Gasteiger partial charge in [0, 0.05) is 19.1 Å². The summed E-state index contributed by atoms with van der Waals surface area (Å²) in [5.74, 6) is 1.34. The molecule has 35 heavy (non-hydrogen) atoms. The van der Waals surface area contributed by atoms with Crippen molar-refractivity contribution in [3.05, 3.63) is 96.4 Å². The van der Waals surface area contributed by atoms with Crippen LogP contribution in [0.4, 0.5) is 0 Å². The second-order valence-electron chi connectivity index (χ2n) is 8.56. The van der Waals surface area contributed by atoms with Gasteiger partial charge in [0.05, 0.1) is 4.90 Å². The molecule has 0 atom stereocenters. The molecule has 180 valence electrons. The first-order valence-corrected chi connectivity index (χ1v) is 13.0. The van der Waals surface area contributed by atoms with E-state index >= 15 is 0 Å². The normalized spacial score (nSPS) is 14.8. The van der Waals surface area contributed by atoms with Gasteiger partial charge in [-0.25, -0.2) is 13.1 Å². The summed E-state index contributed by atoms with van der Waals surface area (Å²) in [6.07, 6.45) is 1.08. The molecule has 1 N–H and O–H groups in total. The van der Waals surface area contributed by atoms with Crippen LogP contribution >= 0.6 is 0 Å². The number of hydrogen-bond donors (Lipinski definition) is 1. The van der Waals surface area contributed by atoms with E-state index in [9.17, 15) is 13.2 Å². The van der Waals surface area contributed by atoms with Crippen LogP contribution in [0.25, 0.3) is 10.8 Å². The number of nitrogens with zero attached hydrogens (tertiary/aromatic N) is 1. The Morgan fingerprint density at radius 3 is 2.40 bits per heavy atom. The molecule has 2 heterocycles. The van der Waals surface area contributed by atoms with E-state index in [2.05, 4.69) is 4.72 Å². The molecule has 1 amide bonds. The Morgan fingerprint density at radius 2 is 1.63 bits per heavy atom. The fourth-order valence-corrected chi connectivity index (χ4v) is 5.55. The number of hydrogen-bond acceptors (Lipinski definition) is 5. The lowest BCUT2D eigenvalue weighted by Crippen LogP contribution is -2.46. The van der Waals surface area contributed by atoms with Crippen LogP contribution in [0.1, 0.15) is 29.2 Å². The van der Waals surface area contributed by atoms with Crippen molar-refractivity contribution in [1.29, 1.82) is 0 Å². The highest BCUT2D eigenvalue weighted by Crippen LogP contribution is 2.23. The van der Waals surface area contributed by atoms with Crippen molar-refractivity contribution in [3.63, 3.8) is 0 Å². The predicted octanol–water partition coefficient (Wildman–Crippen LogP) is 4.59. The predicted molar refractivity (Wildman–Crippen MR) is 133 cm³/mol. The molecule has 1 fully saturated rings. The van der Waals surface area contributed by atoms with Crippen LogP contribution in [0, 0.1) is 0 Å². The number of carbonyl (C=O) groups is 1. The number of piperidine rings is 1. The molecule has 5 rings (SSSR count). The fourth-order valence-electron chi connectivity index (χ4n) is 4.23. The van der Waals surface area contributed by atoms with Gasteiger partial charge in [-0.3, -0.25) is 4.79 Å². The highest BCUT2D eigenvalue weighted by Gasteiger charge is 2.28. The summed E-state index contributed by atoms with van der Waals surface area (Å²) in [6.45, 7) is 1.11. The third-order valence-electron chi connectivity index (χ3n) is 6.13. The van der Waals surface area contributed by atoms with Gasteiger partial charge in [-0.05, 0) is 60.0 Å². The number of furan rings is 1. The molecule has 0 radical (unpaired) electrons. The highest BCUT2D eigenvalue weighted by atomic mass is 32.2. The van der Waals surface area contributed by atoms with Gasteiger partial charge in [-0.15, -0.1) is 0 Å². The second kappa shape index (κ2) is 9.93. The van der Waals surface area contributed by atoms with Crippen LogP contribution in [-0.4, -0.2) is 38.4 Å². The van der Waals surface area contributed by atoms with E-state index in [1.165, 1.54) is 0 Å². The van der Waals surface area contributed by atoms with Crippen molar-refractivity contribution in [3.8, 4) is 5.75 Å². The van der Waals surface area contributed by atoms with Gasteiger partial charge in [-0.2, -0.15) is 0 Å². The Morgan fingerprint density at radius 1 is 0.914 bits per heavy atom. The lowest BCUT2D eigenvalue weighted by atomic mass is 10.1. The number of rotatable bonds is 7. The molecule has 1 saturated heterocycles. The smallest absolute Gasteiger partial charge is 0.289 e. The molecule has 1 aromatic heterocycles. The summed E-state index contributed by atoms with van der Waals surface area (Å²) in [5, 5.41) is 2.23. The van der Waals surface area contributed by atoms with Crippen molar-refractivity contribution in [2.24, 2.45) is 0 Å². The third kappa shape index (κ3) is 5.39. The van der Waals surface area contributed by atoms with E-state index in [4.69, 9.17) is 9.15 Å². The summed E-state index contributed by atoms with van der Waals surface area (Å²) in [5.41, 5.74) is 0. The Balaban J connectivity index is 1.14.